The van der Waals surface area contributed by atoms with E-state index in [1.54, 1.807) is 11.4 Å². The fourth-order valence-corrected chi connectivity index (χ4v) is 2.40. The molecule has 1 aromatic carbocycles. The van der Waals surface area contributed by atoms with Gasteiger partial charge in [0, 0.05) is 6.42 Å². The summed E-state index contributed by atoms with van der Waals surface area (Å²) in [4.78, 5) is 0. The number of aliphatic hydroxyl groups is 1. The standard InChI is InChI=1S/C13H10F4OS/c14-11-2-1-9(6-10(11)13(15,16)17)12(18)5-8-3-4-19-7-8/h1-4,6-7,12,18H,5H2. The van der Waals surface area contributed by atoms with Crippen molar-refractivity contribution >= 4 is 11.3 Å². The second kappa shape index (κ2) is 5.30. The molecular formula is C13H10F4OS. The van der Waals surface area contributed by atoms with Crippen LogP contribution in [-0.2, 0) is 12.6 Å². The van der Waals surface area contributed by atoms with E-state index in [0.717, 1.165) is 11.6 Å². The molecule has 19 heavy (non-hydrogen) atoms. The molecule has 2 aromatic rings. The van der Waals surface area contributed by atoms with Crippen molar-refractivity contribution in [3.05, 3.63) is 57.5 Å². The normalized spacial score (nSPS) is 13.5. The Labute approximate surface area is 111 Å². The van der Waals surface area contributed by atoms with Crippen molar-refractivity contribution in [2.45, 2.75) is 18.7 Å². The van der Waals surface area contributed by atoms with E-state index in [9.17, 15) is 22.7 Å². The molecular weight excluding hydrogens is 280 g/mol. The molecule has 0 bridgehead atoms. The highest BCUT2D eigenvalue weighted by molar-refractivity contribution is 7.07. The molecule has 0 spiro atoms. The number of hydrogen-bond donors (Lipinski definition) is 1. The zero-order valence-electron chi connectivity index (χ0n) is 9.62. The van der Waals surface area contributed by atoms with Gasteiger partial charge in [0.2, 0.25) is 0 Å². The van der Waals surface area contributed by atoms with Crippen LogP contribution in [-0.4, -0.2) is 5.11 Å². The van der Waals surface area contributed by atoms with E-state index < -0.39 is 23.7 Å². The minimum absolute atomic E-state index is 0.0555. The van der Waals surface area contributed by atoms with Gasteiger partial charge >= 0.3 is 6.18 Å². The van der Waals surface area contributed by atoms with Crippen molar-refractivity contribution in [1.82, 2.24) is 0 Å². The lowest BCUT2D eigenvalue weighted by Crippen LogP contribution is -2.10. The summed E-state index contributed by atoms with van der Waals surface area (Å²) in [5, 5.41) is 13.5. The van der Waals surface area contributed by atoms with E-state index in [4.69, 9.17) is 0 Å². The maximum absolute atomic E-state index is 13.1. The minimum atomic E-state index is -4.76. The number of benzene rings is 1. The Balaban J connectivity index is 2.25. The third-order valence-corrected chi connectivity index (χ3v) is 3.42. The highest BCUT2D eigenvalue weighted by Crippen LogP contribution is 2.33. The molecule has 0 aliphatic heterocycles. The van der Waals surface area contributed by atoms with Crippen LogP contribution < -0.4 is 0 Å². The molecule has 1 N–H and O–H groups in total. The van der Waals surface area contributed by atoms with Crippen molar-refractivity contribution in [3.63, 3.8) is 0 Å². The smallest absolute Gasteiger partial charge is 0.388 e. The lowest BCUT2D eigenvalue weighted by atomic mass is 10.0. The average molecular weight is 290 g/mol. The van der Waals surface area contributed by atoms with Crippen molar-refractivity contribution in [1.29, 1.82) is 0 Å². The first kappa shape index (κ1) is 14.0. The van der Waals surface area contributed by atoms with E-state index in [1.165, 1.54) is 17.4 Å². The van der Waals surface area contributed by atoms with E-state index in [0.29, 0.717) is 6.07 Å². The number of hydrogen-bond acceptors (Lipinski definition) is 2. The van der Waals surface area contributed by atoms with Crippen LogP contribution in [0.25, 0.3) is 0 Å². The van der Waals surface area contributed by atoms with Crippen LogP contribution in [0.1, 0.15) is 22.8 Å². The van der Waals surface area contributed by atoms with Gasteiger partial charge in [-0.1, -0.05) is 6.07 Å². The van der Waals surface area contributed by atoms with Gasteiger partial charge in [0.1, 0.15) is 5.82 Å². The predicted molar refractivity (Wildman–Crippen MR) is 64.4 cm³/mol. The monoisotopic (exact) mass is 290 g/mol. The van der Waals surface area contributed by atoms with Gasteiger partial charge in [0.05, 0.1) is 11.7 Å². The predicted octanol–water partition coefficient (Wildman–Crippen LogP) is 4.18. The Kier molecular flexibility index (Phi) is 3.91. The molecule has 1 aromatic heterocycles. The molecule has 0 aliphatic carbocycles. The van der Waals surface area contributed by atoms with E-state index in [1.807, 2.05) is 5.38 Å². The first-order valence-electron chi connectivity index (χ1n) is 5.43. The van der Waals surface area contributed by atoms with Crippen LogP contribution >= 0.6 is 11.3 Å². The van der Waals surface area contributed by atoms with Crippen LogP contribution in [0.15, 0.2) is 35.0 Å². The van der Waals surface area contributed by atoms with Crippen molar-refractivity contribution in [2.75, 3.05) is 0 Å². The number of aliphatic hydroxyl groups excluding tert-OH is 1. The number of halogens is 4. The van der Waals surface area contributed by atoms with Crippen LogP contribution in [0.5, 0.6) is 0 Å². The molecule has 1 nitrogen and oxygen atoms in total. The van der Waals surface area contributed by atoms with Crippen molar-refractivity contribution < 1.29 is 22.7 Å². The zero-order valence-corrected chi connectivity index (χ0v) is 10.4. The summed E-state index contributed by atoms with van der Waals surface area (Å²) in [7, 11) is 0. The summed E-state index contributed by atoms with van der Waals surface area (Å²) in [6.07, 6.45) is -5.65. The van der Waals surface area contributed by atoms with Crippen molar-refractivity contribution in [3.8, 4) is 0 Å². The average Bonchev–Trinajstić information content (AvgIpc) is 2.80. The lowest BCUT2D eigenvalue weighted by molar-refractivity contribution is -0.140. The zero-order chi connectivity index (χ0) is 14.0. The number of thiophene rings is 1. The molecule has 1 atom stereocenters. The first-order chi connectivity index (χ1) is 8.88. The van der Waals surface area contributed by atoms with E-state index in [2.05, 4.69) is 0 Å². The van der Waals surface area contributed by atoms with Crippen LogP contribution in [0.4, 0.5) is 17.6 Å². The van der Waals surface area contributed by atoms with Gasteiger partial charge in [-0.2, -0.15) is 24.5 Å². The first-order valence-corrected chi connectivity index (χ1v) is 6.38. The SMILES string of the molecule is OC(Cc1ccsc1)c1ccc(F)c(C(F)(F)F)c1. The highest BCUT2D eigenvalue weighted by Gasteiger charge is 2.34. The Hall–Kier alpha value is -1.40. The molecule has 102 valence electrons. The van der Waals surface area contributed by atoms with Crippen LogP contribution in [0.2, 0.25) is 0 Å². The van der Waals surface area contributed by atoms with Crippen molar-refractivity contribution in [2.24, 2.45) is 0 Å². The summed E-state index contributed by atoms with van der Waals surface area (Å²) in [6.45, 7) is 0. The second-order valence-electron chi connectivity index (χ2n) is 4.09. The highest BCUT2D eigenvalue weighted by atomic mass is 32.1. The van der Waals surface area contributed by atoms with Gasteiger partial charge < -0.3 is 5.11 Å². The molecule has 0 saturated carbocycles. The summed E-state index contributed by atoms with van der Waals surface area (Å²) in [5.41, 5.74) is -0.468. The Morgan fingerprint density at radius 2 is 1.95 bits per heavy atom. The van der Waals surface area contributed by atoms with E-state index >= 15 is 0 Å². The van der Waals surface area contributed by atoms with Gasteiger partial charge in [0.25, 0.3) is 0 Å². The lowest BCUT2D eigenvalue weighted by Gasteiger charge is -2.14. The Bertz CT molecular complexity index is 548. The molecule has 0 saturated heterocycles. The van der Waals surface area contributed by atoms with Gasteiger partial charge in [-0.3, -0.25) is 0 Å². The molecule has 0 fully saturated rings. The largest absolute Gasteiger partial charge is 0.419 e. The minimum Gasteiger partial charge on any atom is -0.388 e. The molecule has 1 unspecified atom stereocenters. The molecule has 6 heteroatoms. The quantitative estimate of drug-likeness (QED) is 0.841. The Morgan fingerprint density at radius 1 is 1.21 bits per heavy atom. The Morgan fingerprint density at radius 3 is 2.53 bits per heavy atom. The third-order valence-electron chi connectivity index (χ3n) is 2.69. The summed E-state index contributed by atoms with van der Waals surface area (Å²) in [6, 6.07) is 4.34. The molecule has 0 amide bonds. The van der Waals surface area contributed by atoms with Gasteiger partial charge in [0.15, 0.2) is 0 Å². The maximum Gasteiger partial charge on any atom is 0.419 e. The molecule has 0 radical (unpaired) electrons. The number of rotatable bonds is 3. The summed E-state index contributed by atoms with van der Waals surface area (Å²) < 4.78 is 50.8. The number of alkyl halides is 3. The van der Waals surface area contributed by atoms with Crippen LogP contribution in [0.3, 0.4) is 0 Å². The van der Waals surface area contributed by atoms with Gasteiger partial charge in [-0.15, -0.1) is 0 Å². The maximum atomic E-state index is 13.1. The van der Waals surface area contributed by atoms with E-state index in [-0.39, 0.29) is 12.0 Å². The fraction of sp³-hybridized carbons (Fsp3) is 0.231. The van der Waals surface area contributed by atoms with Gasteiger partial charge in [-0.25, -0.2) is 4.39 Å². The summed E-state index contributed by atoms with van der Waals surface area (Å²) in [5.74, 6) is -1.33. The third kappa shape index (κ3) is 3.33. The topological polar surface area (TPSA) is 20.2 Å². The molecule has 1 heterocycles. The second-order valence-corrected chi connectivity index (χ2v) is 4.87. The van der Waals surface area contributed by atoms with Crippen LogP contribution in [0, 0.1) is 5.82 Å². The van der Waals surface area contributed by atoms with Gasteiger partial charge in [-0.05, 0) is 40.1 Å². The fourth-order valence-electron chi connectivity index (χ4n) is 1.72. The summed E-state index contributed by atoms with van der Waals surface area (Å²) >= 11 is 1.44. The molecule has 0 aliphatic rings. The molecule has 2 rings (SSSR count).